The molecule has 0 radical (unpaired) electrons. The number of likely N-dealkylation sites (tertiary alicyclic amines) is 1. The minimum atomic E-state index is 0.0663. The third-order valence-electron chi connectivity index (χ3n) is 5.77. The summed E-state index contributed by atoms with van der Waals surface area (Å²) in [5, 5.41) is 2.18. The molecule has 4 heteroatoms. The topological polar surface area (TPSA) is 15.7 Å². The summed E-state index contributed by atoms with van der Waals surface area (Å²) in [4.78, 5) is 6.69. The monoisotopic (exact) mass is 370 g/mol. The third kappa shape index (κ3) is 4.55. The molecule has 1 unspecified atom stereocenters. The lowest BCUT2D eigenvalue weighted by Crippen LogP contribution is -2.51. The second kappa shape index (κ2) is 8.22. The van der Waals surface area contributed by atoms with Crippen LogP contribution in [0, 0.1) is 6.92 Å². The fourth-order valence-electron chi connectivity index (χ4n) is 4.43. The quantitative estimate of drug-likeness (QED) is 0.797. The lowest BCUT2D eigenvalue weighted by atomic mass is 9.92. The van der Waals surface area contributed by atoms with Crippen LogP contribution in [-0.4, -0.2) is 48.2 Å². The van der Waals surface area contributed by atoms with Crippen molar-refractivity contribution >= 4 is 11.3 Å². The summed E-state index contributed by atoms with van der Waals surface area (Å²) in [7, 11) is 0. The highest BCUT2D eigenvalue weighted by molar-refractivity contribution is 7.09. The molecule has 3 heterocycles. The molecule has 0 N–H and O–H groups in total. The second-order valence-electron chi connectivity index (χ2n) is 7.94. The van der Waals surface area contributed by atoms with E-state index in [1.165, 1.54) is 35.4 Å². The fourth-order valence-corrected chi connectivity index (χ4v) is 5.18. The second-order valence-corrected chi connectivity index (χ2v) is 8.97. The van der Waals surface area contributed by atoms with Crippen molar-refractivity contribution in [2.24, 2.45) is 0 Å². The number of thiophene rings is 1. The van der Waals surface area contributed by atoms with Crippen LogP contribution in [-0.2, 0) is 17.8 Å². The Morgan fingerprint density at radius 1 is 1.04 bits per heavy atom. The molecule has 0 amide bonds. The Balaban J connectivity index is 1.36. The predicted molar refractivity (Wildman–Crippen MR) is 109 cm³/mol. The lowest BCUT2D eigenvalue weighted by Gasteiger charge is -2.42. The molecular formula is C22H30N2OS. The van der Waals surface area contributed by atoms with Crippen molar-refractivity contribution in [3.63, 3.8) is 0 Å². The summed E-state index contributed by atoms with van der Waals surface area (Å²) in [5.41, 5.74) is 2.86. The summed E-state index contributed by atoms with van der Waals surface area (Å²) in [6, 6.07) is 13.3. The van der Waals surface area contributed by atoms with Gasteiger partial charge in [-0.25, -0.2) is 0 Å². The van der Waals surface area contributed by atoms with Crippen LogP contribution in [0.5, 0.6) is 0 Å². The number of rotatable bonds is 4. The van der Waals surface area contributed by atoms with Crippen LogP contribution in [0.15, 0.2) is 41.8 Å². The molecular weight excluding hydrogens is 340 g/mol. The van der Waals surface area contributed by atoms with E-state index in [1.54, 1.807) is 0 Å². The average Bonchev–Trinajstić information content (AvgIpc) is 3.06. The third-order valence-corrected chi connectivity index (χ3v) is 6.63. The van der Waals surface area contributed by atoms with E-state index >= 15 is 0 Å². The zero-order valence-electron chi connectivity index (χ0n) is 15.8. The average molecular weight is 371 g/mol. The van der Waals surface area contributed by atoms with Gasteiger partial charge in [-0.3, -0.25) is 9.80 Å². The molecule has 4 rings (SSSR count). The summed E-state index contributed by atoms with van der Waals surface area (Å²) in [6.45, 7) is 9.68. The van der Waals surface area contributed by atoms with Crippen molar-refractivity contribution in [1.82, 2.24) is 9.80 Å². The summed E-state index contributed by atoms with van der Waals surface area (Å²) in [6.07, 6.45) is 3.58. The van der Waals surface area contributed by atoms with Crippen LogP contribution >= 0.6 is 11.3 Å². The molecule has 3 nitrogen and oxygen atoms in total. The standard InChI is InChI=1S/C22H30N2OS/c1-19-5-2-6-20(15-19)16-23-10-4-8-22(9-11-23)18-24(12-13-25-22)17-21-7-3-14-26-21/h2-3,5-7,14-15H,4,8-13,16-18H2,1H3. The van der Waals surface area contributed by atoms with E-state index in [0.717, 1.165) is 45.8 Å². The van der Waals surface area contributed by atoms with Gasteiger partial charge in [-0.05, 0) is 49.7 Å². The molecule has 2 aliphatic rings. The van der Waals surface area contributed by atoms with Gasteiger partial charge in [0.05, 0.1) is 12.2 Å². The highest BCUT2D eigenvalue weighted by Gasteiger charge is 2.38. The number of morpholine rings is 1. The molecule has 0 aliphatic carbocycles. The predicted octanol–water partition coefficient (Wildman–Crippen LogP) is 4.31. The van der Waals surface area contributed by atoms with Crippen LogP contribution in [0.4, 0.5) is 0 Å². The van der Waals surface area contributed by atoms with Crippen LogP contribution in [0.25, 0.3) is 0 Å². The molecule has 0 bridgehead atoms. The molecule has 26 heavy (non-hydrogen) atoms. The number of hydrogen-bond acceptors (Lipinski definition) is 4. The van der Waals surface area contributed by atoms with E-state index in [9.17, 15) is 0 Å². The van der Waals surface area contributed by atoms with Crippen molar-refractivity contribution in [3.8, 4) is 0 Å². The molecule has 2 aromatic rings. The largest absolute Gasteiger partial charge is 0.372 e. The maximum atomic E-state index is 6.39. The number of nitrogens with zero attached hydrogens (tertiary/aromatic N) is 2. The van der Waals surface area contributed by atoms with Gasteiger partial charge < -0.3 is 4.74 Å². The Kier molecular flexibility index (Phi) is 5.75. The van der Waals surface area contributed by atoms with Gasteiger partial charge in [0, 0.05) is 37.6 Å². The summed E-state index contributed by atoms with van der Waals surface area (Å²) in [5.74, 6) is 0. The molecule has 1 atom stereocenters. The summed E-state index contributed by atoms with van der Waals surface area (Å²) >= 11 is 1.87. The van der Waals surface area contributed by atoms with E-state index in [2.05, 4.69) is 58.5 Å². The summed E-state index contributed by atoms with van der Waals surface area (Å²) < 4.78 is 6.39. The molecule has 0 saturated carbocycles. The Hall–Kier alpha value is -1.20. The van der Waals surface area contributed by atoms with Gasteiger partial charge >= 0.3 is 0 Å². The number of ether oxygens (including phenoxy) is 1. The Bertz CT molecular complexity index is 702. The van der Waals surface area contributed by atoms with Crippen molar-refractivity contribution in [2.75, 3.05) is 32.8 Å². The van der Waals surface area contributed by atoms with Gasteiger partial charge in [0.2, 0.25) is 0 Å². The Morgan fingerprint density at radius 3 is 2.85 bits per heavy atom. The van der Waals surface area contributed by atoms with Gasteiger partial charge in [-0.2, -0.15) is 0 Å². The van der Waals surface area contributed by atoms with Crippen molar-refractivity contribution in [1.29, 1.82) is 0 Å². The first-order valence-electron chi connectivity index (χ1n) is 9.87. The smallest absolute Gasteiger partial charge is 0.0822 e. The first kappa shape index (κ1) is 18.2. The first-order chi connectivity index (χ1) is 12.7. The molecule has 2 fully saturated rings. The normalized spacial score (nSPS) is 25.4. The van der Waals surface area contributed by atoms with Gasteiger partial charge in [0.25, 0.3) is 0 Å². The minimum absolute atomic E-state index is 0.0663. The highest BCUT2D eigenvalue weighted by atomic mass is 32.1. The number of benzene rings is 1. The Morgan fingerprint density at radius 2 is 2.00 bits per heavy atom. The minimum Gasteiger partial charge on any atom is -0.372 e. The van der Waals surface area contributed by atoms with E-state index in [4.69, 9.17) is 4.74 Å². The van der Waals surface area contributed by atoms with Gasteiger partial charge in [0.1, 0.15) is 0 Å². The van der Waals surface area contributed by atoms with E-state index < -0.39 is 0 Å². The van der Waals surface area contributed by atoms with E-state index in [1.807, 2.05) is 11.3 Å². The van der Waals surface area contributed by atoms with Gasteiger partial charge in [0.15, 0.2) is 0 Å². The van der Waals surface area contributed by atoms with Crippen LogP contribution < -0.4 is 0 Å². The van der Waals surface area contributed by atoms with Crippen LogP contribution in [0.2, 0.25) is 0 Å². The lowest BCUT2D eigenvalue weighted by molar-refractivity contribution is -0.118. The molecule has 140 valence electrons. The zero-order valence-corrected chi connectivity index (χ0v) is 16.6. The fraction of sp³-hybridized carbons (Fsp3) is 0.545. The Labute approximate surface area is 161 Å². The number of hydrogen-bond donors (Lipinski definition) is 0. The molecule has 1 aromatic heterocycles. The molecule has 1 aromatic carbocycles. The van der Waals surface area contributed by atoms with Crippen molar-refractivity contribution < 1.29 is 4.74 Å². The van der Waals surface area contributed by atoms with Gasteiger partial charge in [-0.1, -0.05) is 35.9 Å². The van der Waals surface area contributed by atoms with Crippen LogP contribution in [0.1, 0.15) is 35.3 Å². The first-order valence-corrected chi connectivity index (χ1v) is 10.8. The zero-order chi connectivity index (χ0) is 17.8. The number of aryl methyl sites for hydroxylation is 1. The van der Waals surface area contributed by atoms with Crippen molar-refractivity contribution in [2.45, 2.75) is 44.9 Å². The molecule has 2 saturated heterocycles. The van der Waals surface area contributed by atoms with E-state index in [-0.39, 0.29) is 5.60 Å². The van der Waals surface area contributed by atoms with E-state index in [0.29, 0.717) is 0 Å². The molecule has 2 aliphatic heterocycles. The van der Waals surface area contributed by atoms with Gasteiger partial charge in [-0.15, -0.1) is 11.3 Å². The van der Waals surface area contributed by atoms with Crippen LogP contribution in [0.3, 0.4) is 0 Å². The SMILES string of the molecule is Cc1cccc(CN2CCCC3(CC2)CN(Cc2cccs2)CCO3)c1. The highest BCUT2D eigenvalue weighted by Crippen LogP contribution is 2.31. The maximum absolute atomic E-state index is 6.39. The maximum Gasteiger partial charge on any atom is 0.0822 e. The van der Waals surface area contributed by atoms with Crippen molar-refractivity contribution in [3.05, 3.63) is 57.8 Å². The molecule has 1 spiro atoms.